The Kier molecular flexibility index (Phi) is 2.57. The van der Waals surface area contributed by atoms with Crippen LogP contribution in [0.25, 0.3) is 0 Å². The summed E-state index contributed by atoms with van der Waals surface area (Å²) in [6, 6.07) is 0. The van der Waals surface area contributed by atoms with E-state index in [1.54, 1.807) is 6.92 Å². The lowest BCUT2D eigenvalue weighted by Crippen LogP contribution is -2.43. The van der Waals surface area contributed by atoms with Gasteiger partial charge in [-0.05, 0) is 38.5 Å². The maximum Gasteiger partial charge on any atom is 0.319 e. The topological polar surface area (TPSA) is 43.4 Å². The summed E-state index contributed by atoms with van der Waals surface area (Å²) in [6.45, 7) is 4.27. The van der Waals surface area contributed by atoms with Gasteiger partial charge in [0.2, 0.25) is 0 Å². The van der Waals surface area contributed by atoms with E-state index in [-0.39, 0.29) is 17.7 Å². The molecule has 3 atom stereocenters. The van der Waals surface area contributed by atoms with Crippen LogP contribution in [0.2, 0.25) is 0 Å². The van der Waals surface area contributed by atoms with E-state index in [2.05, 4.69) is 6.92 Å². The van der Waals surface area contributed by atoms with E-state index in [9.17, 15) is 9.59 Å². The van der Waals surface area contributed by atoms with E-state index in [1.165, 1.54) is 0 Å². The van der Waals surface area contributed by atoms with Crippen molar-refractivity contribution in [3.8, 4) is 0 Å². The Morgan fingerprint density at radius 2 is 2.13 bits per heavy atom. The molecule has 3 nitrogen and oxygen atoms in total. The molecule has 2 saturated carbocycles. The van der Waals surface area contributed by atoms with Crippen LogP contribution in [-0.2, 0) is 14.3 Å². The van der Waals surface area contributed by atoms with E-state index < -0.39 is 5.41 Å². The lowest BCUT2D eigenvalue weighted by molar-refractivity contribution is -0.161. The number of rotatable bonds is 2. The molecule has 2 rings (SSSR count). The lowest BCUT2D eigenvalue weighted by atomic mass is 9.71. The standard InChI is InChI=1S/C12H18O3/c1-3-15-11(14)12-6-4-8(2)9(5-7-12)10(12)13/h8-9H,3-7H2,1-2H3/t8?,9?,12-/m1/s1. The Labute approximate surface area is 90.2 Å². The molecule has 2 aliphatic carbocycles. The monoisotopic (exact) mass is 210 g/mol. The zero-order valence-corrected chi connectivity index (χ0v) is 9.41. The Balaban J connectivity index is 2.23. The van der Waals surface area contributed by atoms with Gasteiger partial charge in [-0.1, -0.05) is 6.92 Å². The highest BCUT2D eigenvalue weighted by atomic mass is 16.5. The second-order valence-corrected chi connectivity index (χ2v) is 4.83. The van der Waals surface area contributed by atoms with Gasteiger partial charge >= 0.3 is 5.97 Å². The van der Waals surface area contributed by atoms with Crippen molar-refractivity contribution >= 4 is 11.8 Å². The predicted molar refractivity (Wildman–Crippen MR) is 55.2 cm³/mol. The number of carbonyl (C=O) groups excluding carboxylic acids is 2. The SMILES string of the molecule is CCOC(=O)[C@]12CCC(C)C(CC1)C2=O. The first kappa shape index (κ1) is 10.7. The molecule has 2 fully saturated rings. The van der Waals surface area contributed by atoms with Crippen LogP contribution in [0.4, 0.5) is 0 Å². The molecule has 0 heterocycles. The van der Waals surface area contributed by atoms with Gasteiger partial charge in [-0.2, -0.15) is 0 Å². The molecule has 84 valence electrons. The summed E-state index contributed by atoms with van der Waals surface area (Å²) in [6.07, 6.45) is 3.26. The van der Waals surface area contributed by atoms with Crippen LogP contribution in [0, 0.1) is 17.3 Å². The molecule has 3 heteroatoms. The van der Waals surface area contributed by atoms with Crippen LogP contribution in [0.3, 0.4) is 0 Å². The molecule has 0 aliphatic heterocycles. The van der Waals surface area contributed by atoms with Crippen molar-refractivity contribution in [2.24, 2.45) is 17.3 Å². The Hall–Kier alpha value is -0.860. The summed E-state index contributed by atoms with van der Waals surface area (Å²) in [7, 11) is 0. The number of esters is 1. The molecule has 15 heavy (non-hydrogen) atoms. The molecular formula is C12H18O3. The zero-order valence-electron chi connectivity index (χ0n) is 9.41. The van der Waals surface area contributed by atoms with E-state index in [1.807, 2.05) is 0 Å². The number of Topliss-reactive ketones (excluding diaryl/α,β-unsaturated/α-hetero) is 1. The summed E-state index contributed by atoms with van der Waals surface area (Å²) in [5, 5.41) is 0. The molecule has 0 aromatic rings. The minimum Gasteiger partial charge on any atom is -0.465 e. The van der Waals surface area contributed by atoms with Gasteiger partial charge in [-0.3, -0.25) is 9.59 Å². The fourth-order valence-electron chi connectivity index (χ4n) is 3.05. The molecular weight excluding hydrogens is 192 g/mol. The average molecular weight is 210 g/mol. The van der Waals surface area contributed by atoms with Crippen LogP contribution >= 0.6 is 0 Å². The van der Waals surface area contributed by atoms with Gasteiger partial charge < -0.3 is 4.74 Å². The highest BCUT2D eigenvalue weighted by Crippen LogP contribution is 2.51. The van der Waals surface area contributed by atoms with Gasteiger partial charge in [0.15, 0.2) is 5.78 Å². The van der Waals surface area contributed by atoms with Crippen LogP contribution in [-0.4, -0.2) is 18.4 Å². The number of fused-ring (bicyclic) bond motifs is 2. The van der Waals surface area contributed by atoms with Crippen molar-refractivity contribution in [2.45, 2.75) is 39.5 Å². The van der Waals surface area contributed by atoms with Gasteiger partial charge in [-0.15, -0.1) is 0 Å². The van der Waals surface area contributed by atoms with Crippen molar-refractivity contribution in [2.75, 3.05) is 6.61 Å². The van der Waals surface area contributed by atoms with Gasteiger partial charge in [0, 0.05) is 5.92 Å². The van der Waals surface area contributed by atoms with Crippen molar-refractivity contribution in [1.82, 2.24) is 0 Å². The average Bonchev–Trinajstić information content (AvgIpc) is 2.42. The highest BCUT2D eigenvalue weighted by molar-refractivity contribution is 6.07. The van der Waals surface area contributed by atoms with E-state index in [0.29, 0.717) is 25.4 Å². The van der Waals surface area contributed by atoms with Crippen molar-refractivity contribution in [3.63, 3.8) is 0 Å². The number of carbonyl (C=O) groups is 2. The molecule has 2 aliphatic rings. The molecule has 2 bridgehead atoms. The Morgan fingerprint density at radius 3 is 2.80 bits per heavy atom. The van der Waals surface area contributed by atoms with Crippen molar-refractivity contribution in [1.29, 1.82) is 0 Å². The summed E-state index contributed by atoms with van der Waals surface area (Å²) in [5.74, 6) is 0.440. The molecule has 0 amide bonds. The minimum atomic E-state index is -0.757. The van der Waals surface area contributed by atoms with E-state index >= 15 is 0 Å². The number of ketones is 1. The third-order valence-electron chi connectivity index (χ3n) is 4.07. The van der Waals surface area contributed by atoms with Crippen molar-refractivity contribution in [3.05, 3.63) is 0 Å². The first-order valence-corrected chi connectivity index (χ1v) is 5.83. The summed E-state index contributed by atoms with van der Waals surface area (Å²) in [5.41, 5.74) is -0.757. The highest BCUT2D eigenvalue weighted by Gasteiger charge is 2.57. The zero-order chi connectivity index (χ0) is 11.1. The van der Waals surface area contributed by atoms with Gasteiger partial charge in [0.1, 0.15) is 5.41 Å². The first-order chi connectivity index (χ1) is 7.12. The van der Waals surface area contributed by atoms with E-state index in [4.69, 9.17) is 4.74 Å². The number of hydrogen-bond donors (Lipinski definition) is 0. The fourth-order valence-corrected chi connectivity index (χ4v) is 3.05. The van der Waals surface area contributed by atoms with E-state index in [0.717, 1.165) is 12.8 Å². The molecule has 0 aromatic heterocycles. The first-order valence-electron chi connectivity index (χ1n) is 5.83. The van der Waals surface area contributed by atoms with Crippen LogP contribution in [0.15, 0.2) is 0 Å². The lowest BCUT2D eigenvalue weighted by Gasteiger charge is -2.32. The summed E-state index contributed by atoms with van der Waals surface area (Å²) in [4.78, 5) is 24.0. The minimum absolute atomic E-state index is 0.114. The number of ether oxygens (including phenoxy) is 1. The maximum atomic E-state index is 12.1. The molecule has 0 aromatic carbocycles. The molecule has 0 radical (unpaired) electrons. The van der Waals surface area contributed by atoms with Gasteiger partial charge in [0.25, 0.3) is 0 Å². The third kappa shape index (κ3) is 1.40. The van der Waals surface area contributed by atoms with Gasteiger partial charge in [0.05, 0.1) is 6.61 Å². The summed E-state index contributed by atoms with van der Waals surface area (Å²) >= 11 is 0. The molecule has 0 saturated heterocycles. The summed E-state index contributed by atoms with van der Waals surface area (Å²) < 4.78 is 5.05. The van der Waals surface area contributed by atoms with Crippen LogP contribution in [0.1, 0.15) is 39.5 Å². The van der Waals surface area contributed by atoms with Gasteiger partial charge in [-0.25, -0.2) is 0 Å². The fraction of sp³-hybridized carbons (Fsp3) is 0.833. The smallest absolute Gasteiger partial charge is 0.319 e. The third-order valence-corrected chi connectivity index (χ3v) is 4.07. The number of hydrogen-bond acceptors (Lipinski definition) is 3. The Morgan fingerprint density at radius 1 is 1.47 bits per heavy atom. The van der Waals surface area contributed by atoms with Crippen molar-refractivity contribution < 1.29 is 14.3 Å². The predicted octanol–water partition coefficient (Wildman–Crippen LogP) is 1.94. The van der Waals surface area contributed by atoms with Crippen LogP contribution < -0.4 is 0 Å². The molecule has 2 unspecified atom stereocenters. The van der Waals surface area contributed by atoms with Crippen LogP contribution in [0.5, 0.6) is 0 Å². The Bertz CT molecular complexity index is 297. The largest absolute Gasteiger partial charge is 0.465 e. The molecule has 0 spiro atoms. The normalized spacial score (nSPS) is 39.2. The molecule has 0 N–H and O–H groups in total. The maximum absolute atomic E-state index is 12.1. The second-order valence-electron chi connectivity index (χ2n) is 4.83. The second kappa shape index (κ2) is 3.62. The quantitative estimate of drug-likeness (QED) is 0.517.